The summed E-state index contributed by atoms with van der Waals surface area (Å²) in [5.41, 5.74) is 0.323. The van der Waals surface area contributed by atoms with Crippen LogP contribution in [0.25, 0.3) is 0 Å². The van der Waals surface area contributed by atoms with Crippen molar-refractivity contribution in [2.45, 2.75) is 18.5 Å². The predicted octanol–water partition coefficient (Wildman–Crippen LogP) is 4.63. The molecule has 0 aliphatic carbocycles. The van der Waals surface area contributed by atoms with E-state index in [1.807, 2.05) is 0 Å². The molecule has 0 aromatic heterocycles. The molecule has 1 atom stereocenters. The first-order valence-corrected chi connectivity index (χ1v) is 7.76. The van der Waals surface area contributed by atoms with Crippen molar-refractivity contribution in [1.82, 2.24) is 0 Å². The van der Waals surface area contributed by atoms with Crippen molar-refractivity contribution >= 4 is 5.78 Å². The van der Waals surface area contributed by atoms with E-state index in [1.54, 1.807) is 0 Å². The van der Waals surface area contributed by atoms with Crippen LogP contribution in [0.5, 0.6) is 17.2 Å². The van der Waals surface area contributed by atoms with Crippen LogP contribution in [0.2, 0.25) is 0 Å². The summed E-state index contributed by atoms with van der Waals surface area (Å²) in [5.74, 6) is -0.970. The number of ether oxygens (including phenoxy) is 3. The smallest absolute Gasteiger partial charge is 0.390 e. The van der Waals surface area contributed by atoms with Gasteiger partial charge in [0.15, 0.2) is 5.78 Å². The largest absolute Gasteiger partial charge is 0.497 e. The molecule has 0 spiro atoms. The Balaban J connectivity index is 2.47. The number of methoxy groups -OCH3 is 3. The van der Waals surface area contributed by atoms with Gasteiger partial charge in [-0.25, -0.2) is 0 Å². The molecule has 0 saturated heterocycles. The summed E-state index contributed by atoms with van der Waals surface area (Å²) in [6, 6.07) is 10.3. The lowest BCUT2D eigenvalue weighted by molar-refractivity contribution is -0.136. The van der Waals surface area contributed by atoms with Gasteiger partial charge in [-0.2, -0.15) is 13.2 Å². The van der Waals surface area contributed by atoms with Crippen molar-refractivity contribution in [2.75, 3.05) is 21.3 Å². The Bertz CT molecular complexity index is 754. The number of ketones is 1. The van der Waals surface area contributed by atoms with Gasteiger partial charge in [0.05, 0.1) is 33.7 Å². The maximum Gasteiger partial charge on any atom is 0.390 e. The number of rotatable bonds is 7. The Morgan fingerprint density at radius 3 is 2.00 bits per heavy atom. The van der Waals surface area contributed by atoms with E-state index in [2.05, 4.69) is 0 Å². The minimum Gasteiger partial charge on any atom is -0.497 e. The van der Waals surface area contributed by atoms with Gasteiger partial charge in [0, 0.05) is 17.2 Å². The number of alkyl halides is 3. The van der Waals surface area contributed by atoms with Gasteiger partial charge >= 0.3 is 6.18 Å². The lowest BCUT2D eigenvalue weighted by atomic mass is 9.87. The standard InChI is InChI=1S/C19H19F3O4/c1-24-13-6-4-12(5-7-13)18(23)16(11-19(20,21)22)15-9-8-14(25-2)10-17(15)26-3/h4-10,16H,11H2,1-3H3. The van der Waals surface area contributed by atoms with Gasteiger partial charge in [0.25, 0.3) is 0 Å². The molecule has 2 aromatic rings. The van der Waals surface area contributed by atoms with Crippen LogP contribution in [-0.2, 0) is 0 Å². The van der Waals surface area contributed by atoms with Gasteiger partial charge in [-0.3, -0.25) is 4.79 Å². The third kappa shape index (κ3) is 4.68. The molecular formula is C19H19F3O4. The van der Waals surface area contributed by atoms with Crippen LogP contribution in [0.15, 0.2) is 42.5 Å². The molecule has 0 N–H and O–H groups in total. The molecule has 0 amide bonds. The highest BCUT2D eigenvalue weighted by Gasteiger charge is 2.38. The molecule has 0 heterocycles. The quantitative estimate of drug-likeness (QED) is 0.669. The van der Waals surface area contributed by atoms with Crippen molar-refractivity contribution in [3.05, 3.63) is 53.6 Å². The second kappa shape index (κ2) is 8.12. The zero-order valence-corrected chi connectivity index (χ0v) is 14.6. The minimum absolute atomic E-state index is 0.159. The first-order chi connectivity index (χ1) is 12.3. The van der Waals surface area contributed by atoms with Crippen molar-refractivity contribution < 1.29 is 32.2 Å². The maximum absolute atomic E-state index is 13.1. The second-order valence-corrected chi connectivity index (χ2v) is 5.57. The zero-order valence-electron chi connectivity index (χ0n) is 14.6. The van der Waals surface area contributed by atoms with Crippen LogP contribution in [-0.4, -0.2) is 33.3 Å². The second-order valence-electron chi connectivity index (χ2n) is 5.57. The number of carbonyl (C=O) groups excluding carboxylic acids is 1. The first-order valence-electron chi connectivity index (χ1n) is 7.76. The van der Waals surface area contributed by atoms with Gasteiger partial charge in [-0.05, 0) is 30.3 Å². The summed E-state index contributed by atoms with van der Waals surface area (Å²) in [5, 5.41) is 0. The lowest BCUT2D eigenvalue weighted by Gasteiger charge is -2.21. The Hall–Kier alpha value is -2.70. The van der Waals surface area contributed by atoms with Crippen LogP contribution in [0.1, 0.15) is 28.3 Å². The molecule has 7 heteroatoms. The number of carbonyl (C=O) groups is 1. The molecule has 0 aliphatic heterocycles. The third-order valence-electron chi connectivity index (χ3n) is 3.94. The fraction of sp³-hybridized carbons (Fsp3) is 0.316. The summed E-state index contributed by atoms with van der Waals surface area (Å²) >= 11 is 0. The number of Topliss-reactive ketones (excluding diaryl/α,β-unsaturated/α-hetero) is 1. The van der Waals surface area contributed by atoms with Gasteiger partial charge in [-0.1, -0.05) is 6.07 Å². The normalized spacial score (nSPS) is 12.4. The Morgan fingerprint density at radius 2 is 1.50 bits per heavy atom. The monoisotopic (exact) mass is 368 g/mol. The zero-order chi connectivity index (χ0) is 19.3. The van der Waals surface area contributed by atoms with Crippen LogP contribution in [0.3, 0.4) is 0 Å². The number of hydrogen-bond acceptors (Lipinski definition) is 4. The van der Waals surface area contributed by atoms with E-state index in [9.17, 15) is 18.0 Å². The molecule has 0 radical (unpaired) electrons. The number of benzene rings is 2. The van der Waals surface area contributed by atoms with E-state index >= 15 is 0 Å². The Labute approximate surface area is 149 Å². The fourth-order valence-electron chi connectivity index (χ4n) is 2.64. The molecule has 140 valence electrons. The minimum atomic E-state index is -4.52. The SMILES string of the molecule is COc1ccc(C(=O)C(CC(F)(F)F)c2ccc(OC)cc2OC)cc1. The van der Waals surface area contributed by atoms with Crippen molar-refractivity contribution in [3.8, 4) is 17.2 Å². The van der Waals surface area contributed by atoms with Gasteiger partial charge in [0.1, 0.15) is 17.2 Å². The first kappa shape index (κ1) is 19.6. The van der Waals surface area contributed by atoms with E-state index in [1.165, 1.54) is 63.8 Å². The van der Waals surface area contributed by atoms with E-state index in [-0.39, 0.29) is 16.9 Å². The number of halogens is 3. The third-order valence-corrected chi connectivity index (χ3v) is 3.94. The molecule has 1 unspecified atom stereocenters. The van der Waals surface area contributed by atoms with Crippen molar-refractivity contribution in [2.24, 2.45) is 0 Å². The Kier molecular flexibility index (Phi) is 6.13. The summed E-state index contributed by atoms with van der Waals surface area (Å²) in [6.45, 7) is 0. The fourth-order valence-corrected chi connectivity index (χ4v) is 2.64. The van der Waals surface area contributed by atoms with Gasteiger partial charge in [-0.15, -0.1) is 0 Å². The highest BCUT2D eigenvalue weighted by atomic mass is 19.4. The summed E-state index contributed by atoms with van der Waals surface area (Å²) in [4.78, 5) is 12.8. The number of hydrogen-bond donors (Lipinski definition) is 0. The molecule has 4 nitrogen and oxygen atoms in total. The predicted molar refractivity (Wildman–Crippen MR) is 90.3 cm³/mol. The maximum atomic E-state index is 13.1. The average Bonchev–Trinajstić information content (AvgIpc) is 2.64. The van der Waals surface area contributed by atoms with Crippen molar-refractivity contribution in [1.29, 1.82) is 0 Å². The molecule has 2 aromatic carbocycles. The van der Waals surface area contributed by atoms with Crippen molar-refractivity contribution in [3.63, 3.8) is 0 Å². The highest BCUT2D eigenvalue weighted by Crippen LogP contribution is 2.39. The summed E-state index contributed by atoms with van der Waals surface area (Å²) in [6.07, 6.45) is -5.81. The molecule has 0 fully saturated rings. The highest BCUT2D eigenvalue weighted by molar-refractivity contribution is 6.01. The summed E-state index contributed by atoms with van der Waals surface area (Å²) < 4.78 is 54.6. The lowest BCUT2D eigenvalue weighted by Crippen LogP contribution is -2.21. The molecule has 0 aliphatic rings. The molecule has 2 rings (SSSR count). The Morgan fingerprint density at radius 1 is 0.923 bits per heavy atom. The van der Waals surface area contributed by atoms with Crippen LogP contribution < -0.4 is 14.2 Å². The van der Waals surface area contributed by atoms with E-state index in [0.29, 0.717) is 11.5 Å². The average molecular weight is 368 g/mol. The van der Waals surface area contributed by atoms with Gasteiger partial charge < -0.3 is 14.2 Å². The van der Waals surface area contributed by atoms with Crippen LogP contribution in [0, 0.1) is 0 Å². The van der Waals surface area contributed by atoms with Crippen LogP contribution in [0.4, 0.5) is 13.2 Å². The van der Waals surface area contributed by atoms with E-state index in [0.717, 1.165) is 0 Å². The molecule has 0 saturated carbocycles. The molecule has 0 bridgehead atoms. The van der Waals surface area contributed by atoms with Gasteiger partial charge in [0.2, 0.25) is 0 Å². The van der Waals surface area contributed by atoms with Crippen LogP contribution >= 0.6 is 0 Å². The topological polar surface area (TPSA) is 44.8 Å². The van der Waals surface area contributed by atoms with E-state index < -0.39 is 24.3 Å². The van der Waals surface area contributed by atoms with E-state index in [4.69, 9.17) is 14.2 Å². The molecule has 26 heavy (non-hydrogen) atoms. The molecular weight excluding hydrogens is 349 g/mol. The summed E-state index contributed by atoms with van der Waals surface area (Å²) in [7, 11) is 4.23.